The fourth-order valence-corrected chi connectivity index (χ4v) is 2.85. The van der Waals surface area contributed by atoms with Gasteiger partial charge in [-0.3, -0.25) is 19.2 Å². The highest BCUT2D eigenvalue weighted by molar-refractivity contribution is 5.94. The third-order valence-electron chi connectivity index (χ3n) is 4.55. The van der Waals surface area contributed by atoms with Crippen molar-refractivity contribution in [3.8, 4) is 0 Å². The summed E-state index contributed by atoms with van der Waals surface area (Å²) in [7, 11) is 0. The van der Waals surface area contributed by atoms with Gasteiger partial charge in [0.2, 0.25) is 23.6 Å². The highest BCUT2D eigenvalue weighted by Gasteiger charge is 2.32. The molecule has 1 aliphatic rings. The average molecular weight is 431 g/mol. The Morgan fingerprint density at radius 3 is 2.20 bits per heavy atom. The number of rotatable bonds is 12. The van der Waals surface area contributed by atoms with Crippen molar-refractivity contribution in [3.05, 3.63) is 0 Å². The first-order valence-electron chi connectivity index (χ1n) is 9.51. The molecule has 0 aliphatic carbocycles. The predicted molar refractivity (Wildman–Crippen MR) is 102 cm³/mol. The summed E-state index contributed by atoms with van der Waals surface area (Å²) in [5, 5.41) is 37.7. The zero-order chi connectivity index (χ0) is 22.8. The van der Waals surface area contributed by atoms with Crippen molar-refractivity contribution >= 4 is 29.6 Å². The molecule has 0 bridgehead atoms. The summed E-state index contributed by atoms with van der Waals surface area (Å²) < 4.78 is 0. The number of carbonyl (C=O) groups excluding carboxylic acids is 4. The molecule has 4 amide bonds. The van der Waals surface area contributed by atoms with Crippen LogP contribution in [0, 0.1) is 0 Å². The van der Waals surface area contributed by atoms with Gasteiger partial charge in [-0.05, 0) is 32.7 Å². The molecule has 1 fully saturated rings. The second-order valence-electron chi connectivity index (χ2n) is 7.02. The van der Waals surface area contributed by atoms with Crippen LogP contribution in [0.25, 0.3) is 0 Å². The topological polar surface area (TPSA) is 220 Å². The smallest absolute Gasteiger partial charge is 0.328 e. The van der Waals surface area contributed by atoms with Gasteiger partial charge in [0.15, 0.2) is 6.04 Å². The molecule has 1 heterocycles. The second-order valence-corrected chi connectivity index (χ2v) is 7.02. The fourth-order valence-electron chi connectivity index (χ4n) is 2.85. The van der Waals surface area contributed by atoms with Crippen LogP contribution >= 0.6 is 0 Å². The minimum Gasteiger partial charge on any atom is -0.480 e. The van der Waals surface area contributed by atoms with E-state index in [0.29, 0.717) is 13.0 Å². The molecule has 0 aromatic heterocycles. The van der Waals surface area contributed by atoms with E-state index in [1.165, 1.54) is 0 Å². The molecule has 30 heavy (non-hydrogen) atoms. The van der Waals surface area contributed by atoms with E-state index in [1.807, 2.05) is 0 Å². The molecule has 0 aromatic carbocycles. The number of aliphatic hydroxyl groups excluding tert-OH is 2. The standard InChI is InChI=1S/C17H29N5O8/c1-8(24)13(17(29)30)22-15(27)10(4-5-12(18)25)20-16(28)11(7-23)21-14(26)9-3-2-6-19-9/h8-11,13,19,23-24H,2-7H2,1H3,(H2,18,25)(H,20,28)(H,21,26)(H,22,27)(H,29,30). The molecule has 1 rings (SSSR count). The molecule has 1 saturated heterocycles. The van der Waals surface area contributed by atoms with Gasteiger partial charge in [-0.25, -0.2) is 4.79 Å². The van der Waals surface area contributed by atoms with Gasteiger partial charge in [0.25, 0.3) is 0 Å². The summed E-state index contributed by atoms with van der Waals surface area (Å²) >= 11 is 0. The van der Waals surface area contributed by atoms with E-state index in [4.69, 9.17) is 10.8 Å². The number of carboxylic acids is 1. The van der Waals surface area contributed by atoms with Gasteiger partial charge in [0.1, 0.15) is 12.1 Å². The van der Waals surface area contributed by atoms with Crippen LogP contribution in [0.15, 0.2) is 0 Å². The highest BCUT2D eigenvalue weighted by atomic mass is 16.4. The number of nitrogens with one attached hydrogen (secondary N) is 4. The molecule has 9 N–H and O–H groups in total. The summed E-state index contributed by atoms with van der Waals surface area (Å²) in [6.07, 6.45) is -0.618. The number of aliphatic hydroxyl groups is 2. The lowest BCUT2D eigenvalue weighted by Gasteiger charge is -2.25. The van der Waals surface area contributed by atoms with Crippen LogP contribution in [-0.4, -0.2) is 88.3 Å². The number of amides is 4. The molecule has 5 atom stereocenters. The first kappa shape index (κ1) is 25.3. The van der Waals surface area contributed by atoms with Crippen LogP contribution in [0.4, 0.5) is 0 Å². The van der Waals surface area contributed by atoms with E-state index in [-0.39, 0.29) is 12.8 Å². The monoisotopic (exact) mass is 431 g/mol. The van der Waals surface area contributed by atoms with Crippen LogP contribution in [0.1, 0.15) is 32.6 Å². The Hall–Kier alpha value is -2.77. The van der Waals surface area contributed by atoms with Gasteiger partial charge in [-0.15, -0.1) is 0 Å². The molecule has 0 spiro atoms. The molecule has 0 radical (unpaired) electrons. The van der Waals surface area contributed by atoms with E-state index < -0.39 is 66.5 Å². The first-order chi connectivity index (χ1) is 14.1. The molecule has 5 unspecified atom stereocenters. The third-order valence-corrected chi connectivity index (χ3v) is 4.55. The first-order valence-corrected chi connectivity index (χ1v) is 9.51. The van der Waals surface area contributed by atoms with Crippen LogP contribution in [0.2, 0.25) is 0 Å². The van der Waals surface area contributed by atoms with Gasteiger partial charge in [-0.2, -0.15) is 0 Å². The molecule has 170 valence electrons. The van der Waals surface area contributed by atoms with Crippen LogP contribution in [0.3, 0.4) is 0 Å². The zero-order valence-corrected chi connectivity index (χ0v) is 16.6. The minimum atomic E-state index is -1.65. The Bertz CT molecular complexity index is 650. The van der Waals surface area contributed by atoms with E-state index in [0.717, 1.165) is 13.3 Å². The summed E-state index contributed by atoms with van der Waals surface area (Å²) in [5.74, 6) is -4.62. The second kappa shape index (κ2) is 12.0. The molecule has 0 saturated carbocycles. The quantitative estimate of drug-likeness (QED) is 0.150. The maximum absolute atomic E-state index is 12.5. The van der Waals surface area contributed by atoms with Crippen LogP contribution in [-0.2, 0) is 24.0 Å². The van der Waals surface area contributed by atoms with Crippen molar-refractivity contribution in [2.45, 2.75) is 62.9 Å². The lowest BCUT2D eigenvalue weighted by Crippen LogP contribution is -2.59. The van der Waals surface area contributed by atoms with E-state index in [9.17, 15) is 34.2 Å². The normalized spacial score (nSPS) is 19.8. The van der Waals surface area contributed by atoms with Crippen molar-refractivity contribution < 1.29 is 39.3 Å². The Labute approximate surface area is 172 Å². The van der Waals surface area contributed by atoms with Gasteiger partial charge in [-0.1, -0.05) is 0 Å². The number of primary amides is 1. The molecular formula is C17H29N5O8. The average Bonchev–Trinajstić information content (AvgIpc) is 3.20. The van der Waals surface area contributed by atoms with Crippen molar-refractivity contribution in [1.82, 2.24) is 21.3 Å². The van der Waals surface area contributed by atoms with Crippen LogP contribution < -0.4 is 27.0 Å². The SMILES string of the molecule is CC(O)C(NC(=O)C(CCC(N)=O)NC(=O)C(CO)NC(=O)C1CCCN1)C(=O)O. The van der Waals surface area contributed by atoms with E-state index in [1.54, 1.807) is 0 Å². The minimum absolute atomic E-state index is 0.255. The molecule has 13 heteroatoms. The molecule has 0 aromatic rings. The number of carbonyl (C=O) groups is 5. The van der Waals surface area contributed by atoms with Crippen molar-refractivity contribution in [3.63, 3.8) is 0 Å². The van der Waals surface area contributed by atoms with Gasteiger partial charge in [0, 0.05) is 6.42 Å². The Morgan fingerprint density at radius 2 is 1.73 bits per heavy atom. The largest absolute Gasteiger partial charge is 0.480 e. The maximum Gasteiger partial charge on any atom is 0.328 e. The Morgan fingerprint density at radius 1 is 1.10 bits per heavy atom. The lowest BCUT2D eigenvalue weighted by atomic mass is 10.1. The van der Waals surface area contributed by atoms with Crippen LogP contribution in [0.5, 0.6) is 0 Å². The van der Waals surface area contributed by atoms with Gasteiger partial charge < -0.3 is 42.3 Å². The number of hydrogen-bond acceptors (Lipinski definition) is 8. The third kappa shape index (κ3) is 7.93. The summed E-state index contributed by atoms with van der Waals surface area (Å²) in [4.78, 5) is 59.3. The predicted octanol–water partition coefficient (Wildman–Crippen LogP) is -4.08. The maximum atomic E-state index is 12.5. The van der Waals surface area contributed by atoms with Crippen molar-refractivity contribution in [1.29, 1.82) is 0 Å². The van der Waals surface area contributed by atoms with Crippen molar-refractivity contribution in [2.24, 2.45) is 5.73 Å². The number of hydrogen-bond donors (Lipinski definition) is 8. The van der Waals surface area contributed by atoms with Crippen molar-refractivity contribution in [2.75, 3.05) is 13.2 Å². The fraction of sp³-hybridized carbons (Fsp3) is 0.706. The molecule has 13 nitrogen and oxygen atoms in total. The number of aliphatic carboxylic acids is 1. The van der Waals surface area contributed by atoms with Gasteiger partial charge in [0.05, 0.1) is 18.8 Å². The summed E-state index contributed by atoms with van der Waals surface area (Å²) in [6.45, 7) is 1.06. The van der Waals surface area contributed by atoms with E-state index in [2.05, 4.69) is 21.3 Å². The number of nitrogens with two attached hydrogens (primary N) is 1. The summed E-state index contributed by atoms with van der Waals surface area (Å²) in [5.41, 5.74) is 5.07. The van der Waals surface area contributed by atoms with Gasteiger partial charge >= 0.3 is 5.97 Å². The summed E-state index contributed by atoms with van der Waals surface area (Å²) in [6, 6.07) is -4.90. The molecule has 1 aliphatic heterocycles. The molecular weight excluding hydrogens is 402 g/mol. The Kier molecular flexibility index (Phi) is 10.1. The highest BCUT2D eigenvalue weighted by Crippen LogP contribution is 2.06. The zero-order valence-electron chi connectivity index (χ0n) is 16.6. The Balaban J connectivity index is 2.83. The lowest BCUT2D eigenvalue weighted by molar-refractivity contribution is -0.145. The number of carboxylic acid groups (broad SMARTS) is 1. The van der Waals surface area contributed by atoms with E-state index >= 15 is 0 Å².